The molecule has 9 heteroatoms. The molecule has 0 radical (unpaired) electrons. The number of hydrogen-bond donors (Lipinski definition) is 2. The van der Waals surface area contributed by atoms with Gasteiger partial charge in [-0.2, -0.15) is 0 Å². The molecule has 190 valence electrons. The smallest absolute Gasteiger partial charge is 0.325 e. The van der Waals surface area contributed by atoms with Crippen molar-refractivity contribution in [1.82, 2.24) is 19.4 Å². The zero-order valence-corrected chi connectivity index (χ0v) is 21.4. The second-order valence-corrected chi connectivity index (χ2v) is 9.35. The summed E-state index contributed by atoms with van der Waals surface area (Å²) < 4.78 is 14.3. The first-order valence-electron chi connectivity index (χ1n) is 11.9. The lowest BCUT2D eigenvalue weighted by Gasteiger charge is -2.20. The summed E-state index contributed by atoms with van der Waals surface area (Å²) in [4.78, 5) is 29.5. The first-order chi connectivity index (χ1) is 16.6. The van der Waals surface area contributed by atoms with E-state index < -0.39 is 18.1 Å². The predicted octanol–water partition coefficient (Wildman–Crippen LogP) is 2.40. The molecule has 1 aromatic carbocycles. The van der Waals surface area contributed by atoms with E-state index in [9.17, 15) is 14.7 Å². The third-order valence-corrected chi connectivity index (χ3v) is 5.77. The highest BCUT2D eigenvalue weighted by Crippen LogP contribution is 2.26. The maximum absolute atomic E-state index is 12.4. The highest BCUT2D eigenvalue weighted by molar-refractivity contribution is 5.81. The van der Waals surface area contributed by atoms with Crippen molar-refractivity contribution in [1.29, 1.82) is 0 Å². The number of hydrogen-bond acceptors (Lipinski definition) is 7. The SMILES string of the molecule is COCCn1c(-c2cc(C)c(=O)n(C)c2)nc2cc(CNC(C(=O)OCC(C)C)[C@@H](C)O)ccc21. The summed E-state index contributed by atoms with van der Waals surface area (Å²) in [5, 5.41) is 13.2. The standard InChI is InChI=1S/C26H36N4O5/c1-16(2)15-35-26(33)23(18(4)31)27-13-19-7-8-22-21(12-19)28-24(30(22)9-10-34-6)20-11-17(3)25(32)29(5)14-20/h7-8,11-12,14,16,18,23,27,31H,9-10,13,15H2,1-6H3/t18-,23?/m1/s1. The van der Waals surface area contributed by atoms with Crippen LogP contribution in [0.15, 0.2) is 35.3 Å². The molecule has 0 saturated heterocycles. The topological polar surface area (TPSA) is 108 Å². The number of pyridine rings is 1. The van der Waals surface area contributed by atoms with Crippen molar-refractivity contribution in [3.8, 4) is 11.4 Å². The normalized spacial score (nSPS) is 13.4. The maximum atomic E-state index is 12.4. The Morgan fingerprint density at radius 3 is 2.60 bits per heavy atom. The molecule has 35 heavy (non-hydrogen) atoms. The Balaban J connectivity index is 1.90. The van der Waals surface area contributed by atoms with Gasteiger partial charge in [0.05, 0.1) is 30.4 Å². The molecule has 2 aromatic heterocycles. The number of carbonyl (C=O) groups is 1. The molecule has 0 saturated carbocycles. The number of imidazole rings is 1. The highest BCUT2D eigenvalue weighted by atomic mass is 16.5. The summed E-state index contributed by atoms with van der Waals surface area (Å²) in [6.45, 7) is 9.07. The Morgan fingerprint density at radius 2 is 1.97 bits per heavy atom. The fraction of sp³-hybridized carbons (Fsp3) is 0.500. The fourth-order valence-electron chi connectivity index (χ4n) is 3.93. The average Bonchev–Trinajstić information content (AvgIpc) is 3.17. The van der Waals surface area contributed by atoms with Gasteiger partial charge in [-0.15, -0.1) is 0 Å². The van der Waals surface area contributed by atoms with Crippen molar-refractivity contribution in [3.63, 3.8) is 0 Å². The van der Waals surface area contributed by atoms with Gasteiger partial charge in [-0.1, -0.05) is 19.9 Å². The number of methoxy groups -OCH3 is 1. The number of nitrogens with one attached hydrogen (secondary N) is 1. The van der Waals surface area contributed by atoms with Crippen LogP contribution in [0, 0.1) is 12.8 Å². The first-order valence-corrected chi connectivity index (χ1v) is 11.9. The summed E-state index contributed by atoms with van der Waals surface area (Å²) in [5.41, 5.74) is 4.10. The van der Waals surface area contributed by atoms with Gasteiger partial charge in [-0.05, 0) is 43.5 Å². The molecular formula is C26H36N4O5. The van der Waals surface area contributed by atoms with Gasteiger partial charge in [-0.3, -0.25) is 14.9 Å². The van der Waals surface area contributed by atoms with Crippen molar-refractivity contribution >= 4 is 17.0 Å². The number of carbonyl (C=O) groups excluding carboxylic acids is 1. The summed E-state index contributed by atoms with van der Waals surface area (Å²) in [6.07, 6.45) is 0.893. The zero-order chi connectivity index (χ0) is 25.7. The minimum atomic E-state index is -0.897. The monoisotopic (exact) mass is 484 g/mol. The Morgan fingerprint density at radius 1 is 1.23 bits per heavy atom. The second-order valence-electron chi connectivity index (χ2n) is 9.35. The Kier molecular flexibility index (Phi) is 8.82. The van der Waals surface area contributed by atoms with Gasteiger partial charge in [0, 0.05) is 44.6 Å². The molecule has 3 rings (SSSR count). The largest absolute Gasteiger partial charge is 0.464 e. The Bertz CT molecular complexity index is 1200. The van der Waals surface area contributed by atoms with Crippen molar-refractivity contribution in [2.24, 2.45) is 13.0 Å². The molecule has 9 nitrogen and oxygen atoms in total. The van der Waals surface area contributed by atoms with Gasteiger partial charge >= 0.3 is 5.97 Å². The van der Waals surface area contributed by atoms with Crippen LogP contribution in [0.1, 0.15) is 31.9 Å². The number of aliphatic hydroxyl groups is 1. The van der Waals surface area contributed by atoms with E-state index in [4.69, 9.17) is 14.5 Å². The highest BCUT2D eigenvalue weighted by Gasteiger charge is 2.25. The molecule has 0 aliphatic heterocycles. The van der Waals surface area contributed by atoms with Crippen LogP contribution >= 0.6 is 0 Å². The molecule has 2 N–H and O–H groups in total. The van der Waals surface area contributed by atoms with E-state index in [1.807, 2.05) is 38.1 Å². The molecule has 1 unspecified atom stereocenters. The summed E-state index contributed by atoms with van der Waals surface area (Å²) in [6, 6.07) is 6.94. The molecule has 3 aromatic rings. The number of esters is 1. The van der Waals surface area contributed by atoms with Crippen LogP contribution in [0.4, 0.5) is 0 Å². The average molecular weight is 485 g/mol. The Hall–Kier alpha value is -3.01. The van der Waals surface area contributed by atoms with Gasteiger partial charge in [0.25, 0.3) is 5.56 Å². The van der Waals surface area contributed by atoms with E-state index >= 15 is 0 Å². The quantitative estimate of drug-likeness (QED) is 0.403. The minimum absolute atomic E-state index is 0.0405. The lowest BCUT2D eigenvalue weighted by atomic mass is 10.1. The van der Waals surface area contributed by atoms with Gasteiger partial charge in [0.15, 0.2) is 0 Å². The number of aliphatic hydroxyl groups excluding tert-OH is 1. The molecule has 2 heterocycles. The maximum Gasteiger partial charge on any atom is 0.325 e. The van der Waals surface area contributed by atoms with E-state index in [-0.39, 0.29) is 11.5 Å². The van der Waals surface area contributed by atoms with Crippen LogP contribution in [0.25, 0.3) is 22.4 Å². The first kappa shape index (κ1) is 26.6. The van der Waals surface area contributed by atoms with Crippen molar-refractivity contribution < 1.29 is 19.4 Å². The van der Waals surface area contributed by atoms with E-state index in [0.717, 1.165) is 28.0 Å². The number of ether oxygens (including phenoxy) is 2. The van der Waals surface area contributed by atoms with Crippen molar-refractivity contribution in [2.75, 3.05) is 20.3 Å². The van der Waals surface area contributed by atoms with E-state index in [0.29, 0.717) is 31.9 Å². The van der Waals surface area contributed by atoms with Crippen LogP contribution < -0.4 is 10.9 Å². The van der Waals surface area contributed by atoms with Crippen molar-refractivity contribution in [3.05, 3.63) is 51.9 Å². The van der Waals surface area contributed by atoms with Crippen LogP contribution in [-0.2, 0) is 34.4 Å². The van der Waals surface area contributed by atoms with E-state index in [1.165, 1.54) is 0 Å². The molecule has 0 aliphatic rings. The second kappa shape index (κ2) is 11.6. The van der Waals surface area contributed by atoms with E-state index in [2.05, 4.69) is 9.88 Å². The van der Waals surface area contributed by atoms with Gasteiger partial charge in [0.2, 0.25) is 0 Å². The number of benzene rings is 1. The zero-order valence-electron chi connectivity index (χ0n) is 21.4. The van der Waals surface area contributed by atoms with Gasteiger partial charge in [-0.25, -0.2) is 4.98 Å². The van der Waals surface area contributed by atoms with Gasteiger partial charge in [0.1, 0.15) is 11.9 Å². The van der Waals surface area contributed by atoms with Crippen LogP contribution in [0.5, 0.6) is 0 Å². The minimum Gasteiger partial charge on any atom is -0.464 e. The lowest BCUT2D eigenvalue weighted by molar-refractivity contribution is -0.150. The number of rotatable bonds is 11. The molecule has 0 spiro atoms. The summed E-state index contributed by atoms with van der Waals surface area (Å²) in [7, 11) is 3.39. The number of nitrogens with zero attached hydrogens (tertiary/aromatic N) is 3. The molecule has 0 amide bonds. The van der Waals surface area contributed by atoms with Crippen LogP contribution in [0.2, 0.25) is 0 Å². The summed E-state index contributed by atoms with van der Waals surface area (Å²) in [5.74, 6) is 0.500. The number of fused-ring (bicyclic) bond motifs is 1. The third-order valence-electron chi connectivity index (χ3n) is 5.77. The molecule has 0 bridgehead atoms. The fourth-order valence-corrected chi connectivity index (χ4v) is 3.93. The summed E-state index contributed by atoms with van der Waals surface area (Å²) >= 11 is 0. The van der Waals surface area contributed by atoms with Gasteiger partial charge < -0.3 is 23.7 Å². The number of aryl methyl sites for hydroxylation is 2. The predicted molar refractivity (Wildman–Crippen MR) is 135 cm³/mol. The van der Waals surface area contributed by atoms with Crippen LogP contribution in [-0.4, -0.2) is 57.7 Å². The van der Waals surface area contributed by atoms with E-state index in [1.54, 1.807) is 38.8 Å². The molecular weight excluding hydrogens is 448 g/mol. The third kappa shape index (κ3) is 6.36. The Labute approximate surface area is 205 Å². The van der Waals surface area contributed by atoms with Crippen molar-refractivity contribution in [2.45, 2.75) is 52.9 Å². The number of aromatic nitrogens is 3. The molecule has 0 fully saturated rings. The lowest BCUT2D eigenvalue weighted by Crippen LogP contribution is -2.45. The molecule has 2 atom stereocenters. The van der Waals surface area contributed by atoms with Crippen LogP contribution in [0.3, 0.4) is 0 Å². The molecule has 0 aliphatic carbocycles.